The summed E-state index contributed by atoms with van der Waals surface area (Å²) in [6, 6.07) is 6.97. The molecule has 1 N–H and O–H groups in total. The van der Waals surface area contributed by atoms with Gasteiger partial charge in [-0.05, 0) is 18.2 Å². The van der Waals surface area contributed by atoms with Gasteiger partial charge in [-0.3, -0.25) is 18.8 Å². The number of rotatable bonds is 4. The molecule has 0 saturated heterocycles. The van der Waals surface area contributed by atoms with Gasteiger partial charge in [-0.2, -0.15) is 5.10 Å². The first kappa shape index (κ1) is 15.7. The van der Waals surface area contributed by atoms with Gasteiger partial charge in [-0.15, -0.1) is 10.2 Å². The van der Waals surface area contributed by atoms with Gasteiger partial charge >= 0.3 is 0 Å². The number of benzene rings is 1. The van der Waals surface area contributed by atoms with Crippen molar-refractivity contribution >= 4 is 22.6 Å². The Morgan fingerprint density at radius 2 is 2.23 bits per heavy atom. The number of nitrogens with one attached hydrogen (secondary N) is 1. The van der Waals surface area contributed by atoms with Gasteiger partial charge in [0, 0.05) is 18.3 Å². The molecule has 0 bridgehead atoms. The van der Waals surface area contributed by atoms with E-state index in [0.717, 1.165) is 0 Å². The van der Waals surface area contributed by atoms with Crippen molar-refractivity contribution in [2.45, 2.75) is 6.54 Å². The maximum absolute atomic E-state index is 12.4. The molecule has 130 valence electrons. The summed E-state index contributed by atoms with van der Waals surface area (Å²) in [4.78, 5) is 28.9. The van der Waals surface area contributed by atoms with Gasteiger partial charge < -0.3 is 9.73 Å². The molecule has 0 saturated carbocycles. The van der Waals surface area contributed by atoms with Gasteiger partial charge in [0.05, 0.1) is 6.20 Å². The van der Waals surface area contributed by atoms with Crippen LogP contribution in [0, 0.1) is 0 Å². The van der Waals surface area contributed by atoms with Crippen molar-refractivity contribution in [3.8, 4) is 11.5 Å². The van der Waals surface area contributed by atoms with E-state index < -0.39 is 0 Å². The predicted molar refractivity (Wildman–Crippen MR) is 91.1 cm³/mol. The number of aryl methyl sites for hydroxylation is 1. The summed E-state index contributed by atoms with van der Waals surface area (Å²) in [5, 5.41) is 14.5. The Hall–Kier alpha value is -3.82. The van der Waals surface area contributed by atoms with E-state index in [0.29, 0.717) is 28.2 Å². The Labute approximate surface area is 146 Å². The molecule has 3 heterocycles. The standard InChI is InChI=1S/C16H13N7O3/c1-22-14-12(6-19-22)16(25)23(8-17-14)7-13(24)20-11-4-2-3-10(5-11)15-21-18-9-26-15/h2-6,8-9H,7H2,1H3,(H,20,24). The second-order valence-electron chi connectivity index (χ2n) is 5.56. The second-order valence-corrected chi connectivity index (χ2v) is 5.56. The quantitative estimate of drug-likeness (QED) is 0.578. The highest BCUT2D eigenvalue weighted by Crippen LogP contribution is 2.20. The lowest BCUT2D eigenvalue weighted by Crippen LogP contribution is -2.27. The number of hydrogen-bond donors (Lipinski definition) is 1. The molecule has 26 heavy (non-hydrogen) atoms. The fraction of sp³-hybridized carbons (Fsp3) is 0.125. The minimum absolute atomic E-state index is 0.165. The Morgan fingerprint density at radius 3 is 3.04 bits per heavy atom. The number of amides is 1. The largest absolute Gasteiger partial charge is 0.423 e. The van der Waals surface area contributed by atoms with Crippen LogP contribution in [0.4, 0.5) is 5.69 Å². The fourth-order valence-electron chi connectivity index (χ4n) is 2.56. The van der Waals surface area contributed by atoms with Crippen LogP contribution in [0.2, 0.25) is 0 Å². The molecular weight excluding hydrogens is 338 g/mol. The number of fused-ring (bicyclic) bond motifs is 1. The van der Waals surface area contributed by atoms with Gasteiger partial charge in [0.25, 0.3) is 5.56 Å². The zero-order chi connectivity index (χ0) is 18.1. The van der Waals surface area contributed by atoms with E-state index in [1.807, 2.05) is 0 Å². The van der Waals surface area contributed by atoms with Crippen LogP contribution in [0.1, 0.15) is 0 Å². The first-order valence-electron chi connectivity index (χ1n) is 7.65. The van der Waals surface area contributed by atoms with E-state index in [4.69, 9.17) is 4.42 Å². The molecule has 0 aliphatic heterocycles. The van der Waals surface area contributed by atoms with Crippen LogP contribution in [0.25, 0.3) is 22.5 Å². The third kappa shape index (κ3) is 2.83. The van der Waals surface area contributed by atoms with Crippen LogP contribution < -0.4 is 10.9 Å². The number of hydrogen-bond acceptors (Lipinski definition) is 7. The lowest BCUT2D eigenvalue weighted by molar-refractivity contribution is -0.116. The van der Waals surface area contributed by atoms with Gasteiger partial charge in [0.2, 0.25) is 18.2 Å². The summed E-state index contributed by atoms with van der Waals surface area (Å²) < 4.78 is 7.88. The Balaban J connectivity index is 1.54. The van der Waals surface area contributed by atoms with Gasteiger partial charge in [0.1, 0.15) is 18.3 Å². The Kier molecular flexibility index (Phi) is 3.77. The molecule has 4 rings (SSSR count). The number of carbonyl (C=O) groups is 1. The molecule has 1 amide bonds. The predicted octanol–water partition coefficient (Wildman–Crippen LogP) is 0.819. The summed E-state index contributed by atoms with van der Waals surface area (Å²) >= 11 is 0. The van der Waals surface area contributed by atoms with Crippen LogP contribution in [0.5, 0.6) is 0 Å². The lowest BCUT2D eigenvalue weighted by Gasteiger charge is -2.08. The summed E-state index contributed by atoms with van der Waals surface area (Å²) in [5.41, 5.74) is 1.38. The van der Waals surface area contributed by atoms with E-state index in [1.54, 1.807) is 31.3 Å². The average Bonchev–Trinajstić information content (AvgIpc) is 3.28. The molecular formula is C16H13N7O3. The summed E-state index contributed by atoms with van der Waals surface area (Å²) in [6.07, 6.45) is 4.00. The normalized spacial score (nSPS) is 11.0. The molecule has 0 radical (unpaired) electrons. The summed E-state index contributed by atoms with van der Waals surface area (Å²) in [7, 11) is 1.70. The average molecular weight is 351 g/mol. The summed E-state index contributed by atoms with van der Waals surface area (Å²) in [6.45, 7) is -0.165. The zero-order valence-electron chi connectivity index (χ0n) is 13.7. The molecule has 0 unspecified atom stereocenters. The van der Waals surface area contributed by atoms with Crippen molar-refractivity contribution in [2.24, 2.45) is 7.05 Å². The number of nitrogens with zero attached hydrogens (tertiary/aromatic N) is 6. The molecule has 0 aliphatic carbocycles. The molecule has 0 aliphatic rings. The van der Waals surface area contributed by atoms with Crippen molar-refractivity contribution in [3.05, 3.63) is 53.5 Å². The minimum Gasteiger partial charge on any atom is -0.423 e. The van der Waals surface area contributed by atoms with Crippen LogP contribution in [-0.2, 0) is 18.4 Å². The SMILES string of the molecule is Cn1ncc2c(=O)n(CC(=O)Nc3cccc(-c4nnco4)c3)cnc21. The molecule has 0 spiro atoms. The zero-order valence-corrected chi connectivity index (χ0v) is 13.7. The highest BCUT2D eigenvalue weighted by atomic mass is 16.4. The van der Waals surface area contributed by atoms with E-state index in [9.17, 15) is 9.59 Å². The number of carbonyl (C=O) groups excluding carboxylic acids is 1. The van der Waals surface area contributed by atoms with E-state index >= 15 is 0 Å². The van der Waals surface area contributed by atoms with Crippen LogP contribution >= 0.6 is 0 Å². The second kappa shape index (κ2) is 6.24. The van der Waals surface area contributed by atoms with Crippen LogP contribution in [0.3, 0.4) is 0 Å². The van der Waals surface area contributed by atoms with Gasteiger partial charge in [0.15, 0.2) is 5.65 Å². The van der Waals surface area contributed by atoms with Crippen LogP contribution in [-0.4, -0.2) is 35.4 Å². The van der Waals surface area contributed by atoms with Gasteiger partial charge in [-0.1, -0.05) is 6.07 Å². The third-order valence-electron chi connectivity index (χ3n) is 3.79. The molecule has 4 aromatic rings. The molecule has 10 heteroatoms. The monoisotopic (exact) mass is 351 g/mol. The van der Waals surface area contributed by atoms with E-state index in [-0.39, 0.29) is 18.0 Å². The fourth-order valence-corrected chi connectivity index (χ4v) is 2.56. The number of anilines is 1. The number of aromatic nitrogens is 6. The Bertz CT molecular complexity index is 1140. The van der Waals surface area contributed by atoms with Crippen LogP contribution in [0.15, 0.2) is 52.4 Å². The van der Waals surface area contributed by atoms with E-state index in [1.165, 1.54) is 28.2 Å². The summed E-state index contributed by atoms with van der Waals surface area (Å²) in [5.74, 6) is -0.0108. The molecule has 0 fully saturated rings. The van der Waals surface area contributed by atoms with Gasteiger partial charge in [-0.25, -0.2) is 4.98 Å². The first-order chi connectivity index (χ1) is 12.6. The molecule has 0 atom stereocenters. The smallest absolute Gasteiger partial charge is 0.264 e. The Morgan fingerprint density at radius 1 is 1.35 bits per heavy atom. The van der Waals surface area contributed by atoms with Crippen molar-refractivity contribution in [3.63, 3.8) is 0 Å². The minimum atomic E-state index is -0.361. The molecule has 3 aromatic heterocycles. The van der Waals surface area contributed by atoms with E-state index in [2.05, 4.69) is 25.6 Å². The molecule has 1 aromatic carbocycles. The van der Waals surface area contributed by atoms with Crippen molar-refractivity contribution in [1.29, 1.82) is 0 Å². The van der Waals surface area contributed by atoms with Crippen molar-refractivity contribution in [2.75, 3.05) is 5.32 Å². The maximum Gasteiger partial charge on any atom is 0.264 e. The highest BCUT2D eigenvalue weighted by Gasteiger charge is 2.12. The van der Waals surface area contributed by atoms with Crippen molar-refractivity contribution < 1.29 is 9.21 Å². The van der Waals surface area contributed by atoms with Crippen molar-refractivity contribution in [1.82, 2.24) is 29.5 Å². The third-order valence-corrected chi connectivity index (χ3v) is 3.79. The maximum atomic E-state index is 12.4. The topological polar surface area (TPSA) is 121 Å². The lowest BCUT2D eigenvalue weighted by atomic mass is 10.2. The molecule has 10 nitrogen and oxygen atoms in total. The highest BCUT2D eigenvalue weighted by molar-refractivity contribution is 5.91. The first-order valence-corrected chi connectivity index (χ1v) is 7.65.